The molecule has 150 valence electrons. The fourth-order valence-electron chi connectivity index (χ4n) is 3.08. The number of imidazole rings is 1. The number of nitrogen functional groups attached to an aromatic ring is 1. The molecule has 0 saturated heterocycles. The minimum atomic E-state index is 0.0857. The smallest absolute Gasteiger partial charge is 0.166 e. The number of fused-ring (bicyclic) bond motifs is 1. The number of hydrogen-bond donors (Lipinski definition) is 3. The van der Waals surface area contributed by atoms with Crippen LogP contribution in [-0.4, -0.2) is 31.2 Å². The van der Waals surface area contributed by atoms with E-state index in [4.69, 9.17) is 27.3 Å². The fourth-order valence-corrected chi connectivity index (χ4v) is 3.33. The molecule has 2 heterocycles. The zero-order valence-corrected chi connectivity index (χ0v) is 17.4. The molecule has 7 nitrogen and oxygen atoms in total. The van der Waals surface area contributed by atoms with Crippen LogP contribution in [0.3, 0.4) is 0 Å². The van der Waals surface area contributed by atoms with Crippen molar-refractivity contribution < 1.29 is 5.11 Å². The average Bonchev–Trinajstić information content (AvgIpc) is 3.03. The molecule has 1 unspecified atom stereocenters. The molecule has 0 bridgehead atoms. The fraction of sp³-hybridized carbons (Fsp3) is 0.450. The molecule has 0 spiro atoms. The van der Waals surface area contributed by atoms with Crippen molar-refractivity contribution in [3.8, 4) is 0 Å². The number of rotatable bonds is 7. The van der Waals surface area contributed by atoms with E-state index < -0.39 is 0 Å². The van der Waals surface area contributed by atoms with Gasteiger partial charge in [0.05, 0.1) is 6.33 Å². The molecule has 1 aromatic carbocycles. The number of hydrogen-bond acceptors (Lipinski definition) is 6. The number of aromatic nitrogens is 4. The summed E-state index contributed by atoms with van der Waals surface area (Å²) in [6.07, 6.45) is 2.36. The lowest BCUT2D eigenvalue weighted by atomic mass is 9.93. The van der Waals surface area contributed by atoms with E-state index >= 15 is 0 Å². The summed E-state index contributed by atoms with van der Waals surface area (Å²) < 4.78 is 2.02. The van der Waals surface area contributed by atoms with Crippen LogP contribution in [0.4, 0.5) is 17.2 Å². The third-order valence-electron chi connectivity index (χ3n) is 4.83. The molecule has 0 aliphatic carbocycles. The molecule has 4 N–H and O–H groups in total. The summed E-state index contributed by atoms with van der Waals surface area (Å²) in [6.45, 7) is 8.43. The summed E-state index contributed by atoms with van der Waals surface area (Å²) in [6, 6.07) is 5.48. The van der Waals surface area contributed by atoms with Crippen LogP contribution in [0, 0.1) is 11.8 Å². The van der Waals surface area contributed by atoms with Gasteiger partial charge in [-0.1, -0.05) is 25.4 Å². The summed E-state index contributed by atoms with van der Waals surface area (Å²) in [5.41, 5.74) is 8.65. The van der Waals surface area contributed by atoms with Gasteiger partial charge in [-0.25, -0.2) is 15.0 Å². The maximum absolute atomic E-state index is 9.72. The van der Waals surface area contributed by atoms with Gasteiger partial charge in [0.15, 0.2) is 17.0 Å². The quantitative estimate of drug-likeness (QED) is 0.512. The summed E-state index contributed by atoms with van der Waals surface area (Å²) in [4.78, 5) is 14.0. The van der Waals surface area contributed by atoms with Crippen molar-refractivity contribution in [2.24, 2.45) is 11.8 Å². The highest BCUT2D eigenvalue weighted by Gasteiger charge is 2.19. The Hall–Kier alpha value is -2.38. The first-order chi connectivity index (χ1) is 13.3. The molecule has 1 atom stereocenters. The van der Waals surface area contributed by atoms with Crippen LogP contribution in [0.1, 0.15) is 39.6 Å². The molecule has 3 aromatic rings. The molecule has 0 saturated carbocycles. The highest BCUT2D eigenvalue weighted by molar-refractivity contribution is 6.31. The molecular weight excluding hydrogens is 376 g/mol. The second kappa shape index (κ2) is 8.32. The Kier molecular flexibility index (Phi) is 6.05. The first kappa shape index (κ1) is 20.4. The molecular formula is C20H27ClN6O. The van der Waals surface area contributed by atoms with E-state index in [-0.39, 0.29) is 18.6 Å². The number of benzene rings is 1. The lowest BCUT2D eigenvalue weighted by Gasteiger charge is -2.18. The largest absolute Gasteiger partial charge is 0.399 e. The van der Waals surface area contributed by atoms with Crippen molar-refractivity contribution in [2.45, 2.75) is 40.2 Å². The third-order valence-corrected chi connectivity index (χ3v) is 5.05. The Morgan fingerprint density at radius 1 is 1.18 bits per heavy atom. The topological polar surface area (TPSA) is 102 Å². The van der Waals surface area contributed by atoms with Crippen LogP contribution in [-0.2, 0) is 6.42 Å². The number of halogens is 1. The molecule has 3 rings (SSSR count). The minimum absolute atomic E-state index is 0.0857. The standard InChI is InChI=1S/C20H27ClN6O/c1-11(2)13(9-28)5-17-25-19(24-16-7-14(21)6-15(22)8-16)18-20(26-17)27(10-23-18)12(3)4/h6-8,10-13,28H,5,9,22H2,1-4H3,(H,24,25,26). The number of aliphatic hydroxyl groups excluding tert-OH is 1. The SMILES string of the molecule is CC(C)C(CO)Cc1nc(Nc2cc(N)cc(Cl)c2)c2ncn(C(C)C)c2n1. The van der Waals surface area contributed by atoms with E-state index in [0.29, 0.717) is 40.2 Å². The average molecular weight is 403 g/mol. The number of aliphatic hydroxyl groups is 1. The minimum Gasteiger partial charge on any atom is -0.399 e. The Morgan fingerprint density at radius 2 is 1.93 bits per heavy atom. The summed E-state index contributed by atoms with van der Waals surface area (Å²) >= 11 is 6.13. The second-order valence-corrected chi connectivity index (χ2v) is 8.13. The van der Waals surface area contributed by atoms with E-state index in [2.05, 4.69) is 38.0 Å². The van der Waals surface area contributed by atoms with Crippen LogP contribution in [0.25, 0.3) is 11.2 Å². The molecule has 0 radical (unpaired) electrons. The van der Waals surface area contributed by atoms with Gasteiger partial charge in [0.25, 0.3) is 0 Å². The molecule has 2 aromatic heterocycles. The van der Waals surface area contributed by atoms with E-state index in [1.165, 1.54) is 0 Å². The van der Waals surface area contributed by atoms with Crippen molar-refractivity contribution in [1.82, 2.24) is 19.5 Å². The Balaban J connectivity index is 2.08. The van der Waals surface area contributed by atoms with Gasteiger partial charge in [0, 0.05) is 35.5 Å². The Morgan fingerprint density at radius 3 is 2.54 bits per heavy atom. The highest BCUT2D eigenvalue weighted by atomic mass is 35.5. The third kappa shape index (κ3) is 4.36. The normalized spacial score (nSPS) is 12.9. The maximum Gasteiger partial charge on any atom is 0.166 e. The maximum atomic E-state index is 9.72. The molecule has 28 heavy (non-hydrogen) atoms. The van der Waals surface area contributed by atoms with Gasteiger partial charge in [-0.2, -0.15) is 0 Å². The number of anilines is 3. The molecule has 0 fully saturated rings. The molecule has 8 heteroatoms. The van der Waals surface area contributed by atoms with E-state index in [1.807, 2.05) is 4.57 Å². The summed E-state index contributed by atoms with van der Waals surface area (Å²) in [5, 5.41) is 13.6. The lowest BCUT2D eigenvalue weighted by molar-refractivity contribution is 0.187. The Bertz CT molecular complexity index is 948. The number of nitrogens with one attached hydrogen (secondary N) is 1. The first-order valence-corrected chi connectivity index (χ1v) is 9.83. The van der Waals surface area contributed by atoms with Crippen molar-refractivity contribution >= 4 is 40.0 Å². The number of nitrogens with zero attached hydrogens (tertiary/aromatic N) is 4. The zero-order valence-electron chi connectivity index (χ0n) is 16.6. The Labute approximate surface area is 170 Å². The zero-order chi connectivity index (χ0) is 20.4. The predicted octanol–water partition coefficient (Wildman–Crippen LogP) is 4.19. The van der Waals surface area contributed by atoms with Gasteiger partial charge in [-0.15, -0.1) is 0 Å². The predicted molar refractivity (Wildman–Crippen MR) is 114 cm³/mol. The second-order valence-electron chi connectivity index (χ2n) is 7.70. The van der Waals surface area contributed by atoms with E-state index in [9.17, 15) is 5.11 Å². The van der Waals surface area contributed by atoms with Crippen LogP contribution in [0.15, 0.2) is 24.5 Å². The van der Waals surface area contributed by atoms with Crippen LogP contribution in [0.5, 0.6) is 0 Å². The van der Waals surface area contributed by atoms with Crippen LogP contribution in [0.2, 0.25) is 5.02 Å². The summed E-state index contributed by atoms with van der Waals surface area (Å²) in [5.74, 6) is 1.67. The molecule has 0 aliphatic heterocycles. The van der Waals surface area contributed by atoms with Crippen LogP contribution < -0.4 is 11.1 Å². The number of nitrogens with two attached hydrogens (primary N) is 1. The van der Waals surface area contributed by atoms with Gasteiger partial charge in [-0.05, 0) is 43.9 Å². The van der Waals surface area contributed by atoms with Gasteiger partial charge in [-0.3, -0.25) is 0 Å². The van der Waals surface area contributed by atoms with E-state index in [0.717, 1.165) is 11.3 Å². The van der Waals surface area contributed by atoms with Crippen LogP contribution >= 0.6 is 11.6 Å². The first-order valence-electron chi connectivity index (χ1n) is 9.45. The molecule has 0 amide bonds. The highest BCUT2D eigenvalue weighted by Crippen LogP contribution is 2.28. The van der Waals surface area contributed by atoms with Gasteiger partial charge in [0.1, 0.15) is 5.82 Å². The van der Waals surface area contributed by atoms with Crippen molar-refractivity contribution in [2.75, 3.05) is 17.7 Å². The van der Waals surface area contributed by atoms with Gasteiger partial charge < -0.3 is 20.7 Å². The molecule has 0 aliphatic rings. The summed E-state index contributed by atoms with van der Waals surface area (Å²) in [7, 11) is 0. The van der Waals surface area contributed by atoms with Gasteiger partial charge in [0.2, 0.25) is 0 Å². The van der Waals surface area contributed by atoms with E-state index in [1.54, 1.807) is 24.5 Å². The van der Waals surface area contributed by atoms with Gasteiger partial charge >= 0.3 is 0 Å². The lowest BCUT2D eigenvalue weighted by Crippen LogP contribution is -2.18. The van der Waals surface area contributed by atoms with Crippen molar-refractivity contribution in [1.29, 1.82) is 0 Å². The monoisotopic (exact) mass is 402 g/mol. The van der Waals surface area contributed by atoms with Crippen molar-refractivity contribution in [3.63, 3.8) is 0 Å². The van der Waals surface area contributed by atoms with Crippen molar-refractivity contribution in [3.05, 3.63) is 35.4 Å².